The molecule has 0 radical (unpaired) electrons. The van der Waals surface area contributed by atoms with E-state index < -0.39 is 0 Å². The summed E-state index contributed by atoms with van der Waals surface area (Å²) in [6.07, 6.45) is 8.11. The lowest BCUT2D eigenvalue weighted by atomic mass is 9.81. The molecular weight excluding hydrogens is 220 g/mol. The van der Waals surface area contributed by atoms with Crippen LogP contribution < -0.4 is 10.6 Å². The molecule has 1 aliphatic heterocycles. The van der Waals surface area contributed by atoms with Gasteiger partial charge in [0.05, 0.1) is 0 Å². The van der Waals surface area contributed by atoms with Gasteiger partial charge in [0.1, 0.15) is 0 Å². The molecule has 108 valence electrons. The van der Waals surface area contributed by atoms with Gasteiger partial charge in [-0.2, -0.15) is 0 Å². The molecule has 0 bridgehead atoms. The first-order valence-corrected chi connectivity index (χ1v) is 7.77. The Morgan fingerprint density at radius 3 is 2.33 bits per heavy atom. The van der Waals surface area contributed by atoms with Crippen LogP contribution in [0.4, 0.5) is 0 Å². The van der Waals surface area contributed by atoms with Crippen LogP contribution in [0.25, 0.3) is 0 Å². The molecule has 0 aromatic heterocycles. The van der Waals surface area contributed by atoms with Gasteiger partial charge in [0, 0.05) is 18.1 Å². The molecule has 1 saturated heterocycles. The van der Waals surface area contributed by atoms with Gasteiger partial charge < -0.3 is 10.6 Å². The van der Waals surface area contributed by atoms with Gasteiger partial charge in [-0.25, -0.2) is 0 Å². The molecule has 0 spiro atoms. The first-order chi connectivity index (χ1) is 8.29. The van der Waals surface area contributed by atoms with Crippen molar-refractivity contribution in [3.63, 3.8) is 0 Å². The molecule has 1 atom stereocenters. The number of hydrogen-bond acceptors (Lipinski definition) is 2. The second-order valence-electron chi connectivity index (χ2n) is 7.86. The Labute approximate surface area is 114 Å². The van der Waals surface area contributed by atoms with Crippen LogP contribution in [-0.4, -0.2) is 24.7 Å². The zero-order chi connectivity index (χ0) is 13.6. The summed E-state index contributed by atoms with van der Waals surface area (Å²) in [4.78, 5) is 0. The Kier molecular flexibility index (Phi) is 6.13. The van der Waals surface area contributed by atoms with Crippen molar-refractivity contribution in [3.05, 3.63) is 0 Å². The minimum atomic E-state index is 0.238. The first kappa shape index (κ1) is 16.0. The van der Waals surface area contributed by atoms with E-state index >= 15 is 0 Å². The third-order valence-corrected chi connectivity index (χ3v) is 3.71. The predicted molar refractivity (Wildman–Crippen MR) is 81.0 cm³/mol. The second-order valence-corrected chi connectivity index (χ2v) is 7.86. The highest BCUT2D eigenvalue weighted by Crippen LogP contribution is 2.26. The van der Waals surface area contributed by atoms with Gasteiger partial charge in [0.25, 0.3) is 0 Å². The van der Waals surface area contributed by atoms with Gasteiger partial charge in [-0.05, 0) is 45.1 Å². The number of rotatable bonds is 4. The van der Waals surface area contributed by atoms with Crippen LogP contribution in [0.1, 0.15) is 73.1 Å². The highest BCUT2D eigenvalue weighted by molar-refractivity contribution is 4.85. The maximum atomic E-state index is 3.77. The predicted octanol–water partition coefficient (Wildman–Crippen LogP) is 3.71. The fourth-order valence-corrected chi connectivity index (χ4v) is 3.24. The van der Waals surface area contributed by atoms with E-state index in [0.717, 1.165) is 6.54 Å². The van der Waals surface area contributed by atoms with Gasteiger partial charge in [-0.1, -0.05) is 40.0 Å². The van der Waals surface area contributed by atoms with Gasteiger partial charge in [-0.3, -0.25) is 0 Å². The lowest BCUT2D eigenvalue weighted by Crippen LogP contribution is -2.49. The van der Waals surface area contributed by atoms with Crippen molar-refractivity contribution >= 4 is 0 Å². The standard InChI is InChI=1S/C16H34N2/c1-15(2,3)13-16(4,5)18-12-14-10-8-6-7-9-11-17-14/h14,17-18H,6-13H2,1-5H3. The van der Waals surface area contributed by atoms with Crippen LogP contribution in [-0.2, 0) is 0 Å². The Balaban J connectivity index is 2.33. The maximum absolute atomic E-state index is 3.77. The third kappa shape index (κ3) is 7.38. The largest absolute Gasteiger partial charge is 0.313 e. The van der Waals surface area contributed by atoms with Crippen LogP contribution >= 0.6 is 0 Å². The Morgan fingerprint density at radius 2 is 1.67 bits per heavy atom. The zero-order valence-corrected chi connectivity index (χ0v) is 13.2. The van der Waals surface area contributed by atoms with Gasteiger partial charge in [-0.15, -0.1) is 0 Å². The van der Waals surface area contributed by atoms with Crippen molar-refractivity contribution < 1.29 is 0 Å². The van der Waals surface area contributed by atoms with Crippen molar-refractivity contribution in [2.45, 2.75) is 84.7 Å². The topological polar surface area (TPSA) is 24.1 Å². The number of hydrogen-bond donors (Lipinski definition) is 2. The second kappa shape index (κ2) is 6.91. The normalized spacial score (nSPS) is 23.5. The van der Waals surface area contributed by atoms with Crippen molar-refractivity contribution in [2.24, 2.45) is 5.41 Å². The van der Waals surface area contributed by atoms with Crippen molar-refractivity contribution in [1.82, 2.24) is 10.6 Å². The first-order valence-electron chi connectivity index (χ1n) is 7.77. The average molecular weight is 254 g/mol. The smallest absolute Gasteiger partial charge is 0.0192 e. The van der Waals surface area contributed by atoms with E-state index in [9.17, 15) is 0 Å². The molecular formula is C16H34N2. The van der Waals surface area contributed by atoms with Gasteiger partial charge >= 0.3 is 0 Å². The summed E-state index contributed by atoms with van der Waals surface area (Å²) in [5.41, 5.74) is 0.632. The fraction of sp³-hybridized carbons (Fsp3) is 1.00. The molecule has 0 aromatic carbocycles. The zero-order valence-electron chi connectivity index (χ0n) is 13.2. The Morgan fingerprint density at radius 1 is 1.00 bits per heavy atom. The molecule has 0 aliphatic carbocycles. The van der Waals surface area contributed by atoms with E-state index in [2.05, 4.69) is 45.3 Å². The van der Waals surface area contributed by atoms with Crippen LogP contribution in [0.3, 0.4) is 0 Å². The minimum absolute atomic E-state index is 0.238. The lowest BCUT2D eigenvalue weighted by molar-refractivity contribution is 0.232. The van der Waals surface area contributed by atoms with Crippen molar-refractivity contribution in [1.29, 1.82) is 0 Å². The van der Waals surface area contributed by atoms with E-state index in [1.807, 2.05) is 0 Å². The molecule has 18 heavy (non-hydrogen) atoms. The minimum Gasteiger partial charge on any atom is -0.313 e. The molecule has 1 unspecified atom stereocenters. The molecule has 1 aliphatic rings. The highest BCUT2D eigenvalue weighted by atomic mass is 15.0. The van der Waals surface area contributed by atoms with Crippen LogP contribution in [0.2, 0.25) is 0 Å². The summed E-state index contributed by atoms with van der Waals surface area (Å²) in [6, 6.07) is 0.671. The molecule has 1 fully saturated rings. The van der Waals surface area contributed by atoms with E-state index in [4.69, 9.17) is 0 Å². The van der Waals surface area contributed by atoms with E-state index in [1.54, 1.807) is 0 Å². The summed E-state index contributed by atoms with van der Waals surface area (Å²) in [5, 5.41) is 7.47. The average Bonchev–Trinajstić information content (AvgIpc) is 2.11. The summed E-state index contributed by atoms with van der Waals surface area (Å²) in [6.45, 7) is 14.0. The van der Waals surface area contributed by atoms with E-state index in [1.165, 1.54) is 45.1 Å². The third-order valence-electron chi connectivity index (χ3n) is 3.71. The van der Waals surface area contributed by atoms with Gasteiger partial charge in [0.15, 0.2) is 0 Å². The van der Waals surface area contributed by atoms with E-state index in [-0.39, 0.29) is 5.54 Å². The monoisotopic (exact) mass is 254 g/mol. The Hall–Kier alpha value is -0.0800. The van der Waals surface area contributed by atoms with Crippen LogP contribution in [0.5, 0.6) is 0 Å². The maximum Gasteiger partial charge on any atom is 0.0192 e. The van der Waals surface area contributed by atoms with E-state index in [0.29, 0.717) is 11.5 Å². The van der Waals surface area contributed by atoms with Gasteiger partial charge in [0.2, 0.25) is 0 Å². The molecule has 2 nitrogen and oxygen atoms in total. The molecule has 1 heterocycles. The highest BCUT2D eigenvalue weighted by Gasteiger charge is 2.25. The summed E-state index contributed by atoms with van der Waals surface area (Å²) < 4.78 is 0. The SMILES string of the molecule is CC(C)(C)CC(C)(C)NCC1CCCCCCN1. The lowest BCUT2D eigenvalue weighted by Gasteiger charge is -2.35. The molecule has 0 amide bonds. The molecule has 0 aromatic rings. The summed E-state index contributed by atoms with van der Waals surface area (Å²) >= 11 is 0. The summed E-state index contributed by atoms with van der Waals surface area (Å²) in [5.74, 6) is 0. The van der Waals surface area contributed by atoms with Crippen LogP contribution in [0.15, 0.2) is 0 Å². The molecule has 2 N–H and O–H groups in total. The van der Waals surface area contributed by atoms with Crippen LogP contribution in [0, 0.1) is 5.41 Å². The fourth-order valence-electron chi connectivity index (χ4n) is 3.24. The quantitative estimate of drug-likeness (QED) is 0.799. The van der Waals surface area contributed by atoms with Crippen molar-refractivity contribution in [3.8, 4) is 0 Å². The van der Waals surface area contributed by atoms with Crippen molar-refractivity contribution in [2.75, 3.05) is 13.1 Å². The Bertz CT molecular complexity index is 220. The molecule has 1 rings (SSSR count). The number of nitrogens with one attached hydrogen (secondary N) is 2. The molecule has 0 saturated carbocycles. The molecule has 2 heteroatoms. The summed E-state index contributed by atoms with van der Waals surface area (Å²) in [7, 11) is 0.